The zero-order valence-corrected chi connectivity index (χ0v) is 10.3. The zero-order chi connectivity index (χ0) is 13.9. The molecule has 0 amide bonds. The standard InChI is InChI=1S/C12H14N4O3/c13-7-9-10(16(17)18)3-4-11(15-9)19-8-12(14)5-1-2-6-12/h3-4H,1-2,5-6,8,14H2. The highest BCUT2D eigenvalue weighted by Gasteiger charge is 2.30. The minimum Gasteiger partial charge on any atom is -0.476 e. The van der Waals surface area contributed by atoms with Gasteiger partial charge in [0.15, 0.2) is 0 Å². The van der Waals surface area contributed by atoms with Gasteiger partial charge in [0.25, 0.3) is 0 Å². The molecule has 0 spiro atoms. The number of nitro groups is 1. The maximum absolute atomic E-state index is 10.7. The highest BCUT2D eigenvalue weighted by atomic mass is 16.6. The number of pyridine rings is 1. The fraction of sp³-hybridized carbons (Fsp3) is 0.500. The van der Waals surface area contributed by atoms with Crippen molar-refractivity contribution in [1.29, 1.82) is 5.26 Å². The van der Waals surface area contributed by atoms with Crippen molar-refractivity contribution in [3.05, 3.63) is 27.9 Å². The highest BCUT2D eigenvalue weighted by molar-refractivity contribution is 5.45. The molecule has 1 aromatic heterocycles. The summed E-state index contributed by atoms with van der Waals surface area (Å²) in [6.45, 7) is 0.308. The van der Waals surface area contributed by atoms with E-state index in [0.29, 0.717) is 6.61 Å². The van der Waals surface area contributed by atoms with Crippen LogP contribution in [0.3, 0.4) is 0 Å². The van der Waals surface area contributed by atoms with E-state index in [0.717, 1.165) is 25.7 Å². The Morgan fingerprint density at radius 2 is 2.21 bits per heavy atom. The lowest BCUT2D eigenvalue weighted by Crippen LogP contribution is -2.42. The summed E-state index contributed by atoms with van der Waals surface area (Å²) in [7, 11) is 0. The average Bonchev–Trinajstić information content (AvgIpc) is 2.83. The second-order valence-corrected chi connectivity index (χ2v) is 4.74. The van der Waals surface area contributed by atoms with Crippen LogP contribution >= 0.6 is 0 Å². The molecule has 7 heteroatoms. The van der Waals surface area contributed by atoms with Crippen molar-refractivity contribution >= 4 is 5.69 Å². The molecule has 0 radical (unpaired) electrons. The van der Waals surface area contributed by atoms with Crippen LogP contribution in [-0.2, 0) is 0 Å². The Morgan fingerprint density at radius 3 is 2.79 bits per heavy atom. The van der Waals surface area contributed by atoms with Crippen molar-refractivity contribution < 1.29 is 9.66 Å². The summed E-state index contributed by atoms with van der Waals surface area (Å²) < 4.78 is 5.46. The monoisotopic (exact) mass is 262 g/mol. The smallest absolute Gasteiger partial charge is 0.305 e. The van der Waals surface area contributed by atoms with Crippen LogP contribution in [0.15, 0.2) is 12.1 Å². The van der Waals surface area contributed by atoms with Crippen LogP contribution in [0.2, 0.25) is 0 Å². The normalized spacial score (nSPS) is 16.8. The second-order valence-electron chi connectivity index (χ2n) is 4.74. The molecule has 2 rings (SSSR count). The van der Waals surface area contributed by atoms with Gasteiger partial charge in [0.05, 0.1) is 10.5 Å². The van der Waals surface area contributed by atoms with E-state index in [2.05, 4.69) is 4.98 Å². The van der Waals surface area contributed by atoms with Gasteiger partial charge in [0.2, 0.25) is 11.6 Å². The van der Waals surface area contributed by atoms with Gasteiger partial charge in [-0.25, -0.2) is 0 Å². The summed E-state index contributed by atoms with van der Waals surface area (Å²) in [5.74, 6) is 0.193. The van der Waals surface area contributed by atoms with Crippen LogP contribution in [0.5, 0.6) is 5.88 Å². The first-order valence-electron chi connectivity index (χ1n) is 6.01. The summed E-state index contributed by atoms with van der Waals surface area (Å²) >= 11 is 0. The van der Waals surface area contributed by atoms with Gasteiger partial charge in [-0.3, -0.25) is 10.1 Å². The maximum Gasteiger partial charge on any atom is 0.305 e. The quantitative estimate of drug-likeness (QED) is 0.649. The Hall–Kier alpha value is -2.20. The van der Waals surface area contributed by atoms with Crippen LogP contribution in [0, 0.1) is 21.4 Å². The minimum absolute atomic E-state index is 0.193. The van der Waals surface area contributed by atoms with Gasteiger partial charge >= 0.3 is 5.69 Å². The molecule has 7 nitrogen and oxygen atoms in total. The maximum atomic E-state index is 10.7. The number of nitrogens with zero attached hydrogens (tertiary/aromatic N) is 3. The molecular formula is C12H14N4O3. The largest absolute Gasteiger partial charge is 0.476 e. The van der Waals surface area contributed by atoms with Crippen molar-refractivity contribution in [2.75, 3.05) is 6.61 Å². The topological polar surface area (TPSA) is 115 Å². The number of rotatable bonds is 4. The van der Waals surface area contributed by atoms with Crippen LogP contribution in [0.4, 0.5) is 5.69 Å². The Kier molecular flexibility index (Phi) is 3.62. The van der Waals surface area contributed by atoms with E-state index in [4.69, 9.17) is 15.7 Å². The van der Waals surface area contributed by atoms with E-state index in [1.54, 1.807) is 6.07 Å². The molecule has 100 valence electrons. The molecule has 1 heterocycles. The molecule has 0 saturated heterocycles. The highest BCUT2D eigenvalue weighted by Crippen LogP contribution is 2.28. The van der Waals surface area contributed by atoms with E-state index >= 15 is 0 Å². The van der Waals surface area contributed by atoms with Crippen LogP contribution < -0.4 is 10.5 Å². The predicted octanol–water partition coefficient (Wildman–Crippen LogP) is 1.51. The molecule has 0 atom stereocenters. The van der Waals surface area contributed by atoms with E-state index in [-0.39, 0.29) is 22.8 Å². The summed E-state index contributed by atoms with van der Waals surface area (Å²) in [6.07, 6.45) is 3.95. The molecule has 0 unspecified atom stereocenters. The van der Waals surface area contributed by atoms with Gasteiger partial charge in [-0.05, 0) is 12.8 Å². The third-order valence-electron chi connectivity index (χ3n) is 3.26. The summed E-state index contributed by atoms with van der Waals surface area (Å²) in [6, 6.07) is 4.30. The zero-order valence-electron chi connectivity index (χ0n) is 10.3. The van der Waals surface area contributed by atoms with Crippen molar-refractivity contribution in [3.63, 3.8) is 0 Å². The third kappa shape index (κ3) is 2.98. The van der Waals surface area contributed by atoms with E-state index in [1.165, 1.54) is 12.1 Å². The second kappa shape index (κ2) is 5.20. The lowest BCUT2D eigenvalue weighted by atomic mass is 10.0. The number of aromatic nitrogens is 1. The molecule has 0 aliphatic heterocycles. The molecule has 2 N–H and O–H groups in total. The lowest BCUT2D eigenvalue weighted by Gasteiger charge is -2.23. The molecule has 0 aromatic carbocycles. The summed E-state index contributed by atoms with van der Waals surface area (Å²) in [4.78, 5) is 13.8. The number of ether oxygens (including phenoxy) is 1. The SMILES string of the molecule is N#Cc1nc(OCC2(N)CCCC2)ccc1[N+](=O)[O-]. The molecular weight excluding hydrogens is 248 g/mol. The van der Waals surface area contributed by atoms with Crippen molar-refractivity contribution in [2.45, 2.75) is 31.2 Å². The lowest BCUT2D eigenvalue weighted by molar-refractivity contribution is -0.385. The Balaban J connectivity index is 2.09. The van der Waals surface area contributed by atoms with Crippen molar-refractivity contribution in [2.24, 2.45) is 5.73 Å². The molecule has 1 saturated carbocycles. The third-order valence-corrected chi connectivity index (χ3v) is 3.26. The van der Waals surface area contributed by atoms with Gasteiger partial charge in [-0.1, -0.05) is 12.8 Å². The molecule has 1 fully saturated rings. The number of hydrogen-bond acceptors (Lipinski definition) is 6. The number of nitriles is 1. The van der Waals surface area contributed by atoms with Gasteiger partial charge in [-0.15, -0.1) is 0 Å². The first kappa shape index (κ1) is 13.2. The van der Waals surface area contributed by atoms with E-state index in [9.17, 15) is 10.1 Å². The Morgan fingerprint density at radius 1 is 1.53 bits per heavy atom. The predicted molar refractivity (Wildman–Crippen MR) is 66.5 cm³/mol. The molecule has 1 aliphatic carbocycles. The molecule has 1 aliphatic rings. The minimum atomic E-state index is -0.642. The van der Waals surface area contributed by atoms with Gasteiger partial charge in [0.1, 0.15) is 12.7 Å². The molecule has 0 bridgehead atoms. The average molecular weight is 262 g/mol. The first-order valence-corrected chi connectivity index (χ1v) is 6.01. The van der Waals surface area contributed by atoms with Crippen LogP contribution in [-0.4, -0.2) is 22.1 Å². The van der Waals surface area contributed by atoms with Gasteiger partial charge in [-0.2, -0.15) is 10.2 Å². The summed E-state index contributed by atoms with van der Waals surface area (Å²) in [5.41, 5.74) is 5.21. The van der Waals surface area contributed by atoms with E-state index < -0.39 is 4.92 Å². The van der Waals surface area contributed by atoms with Gasteiger partial charge in [0, 0.05) is 12.1 Å². The summed E-state index contributed by atoms with van der Waals surface area (Å²) in [5, 5.41) is 19.5. The van der Waals surface area contributed by atoms with Crippen molar-refractivity contribution in [3.8, 4) is 11.9 Å². The van der Waals surface area contributed by atoms with E-state index in [1.807, 2.05) is 0 Å². The first-order chi connectivity index (χ1) is 9.04. The molecule has 1 aromatic rings. The molecule has 19 heavy (non-hydrogen) atoms. The number of hydrogen-bond donors (Lipinski definition) is 1. The van der Waals surface area contributed by atoms with Crippen LogP contribution in [0.25, 0.3) is 0 Å². The van der Waals surface area contributed by atoms with Gasteiger partial charge < -0.3 is 10.5 Å². The van der Waals surface area contributed by atoms with Crippen molar-refractivity contribution in [1.82, 2.24) is 4.98 Å². The number of nitrogens with two attached hydrogens (primary N) is 1. The fourth-order valence-corrected chi connectivity index (χ4v) is 2.19. The Labute approximate surface area is 110 Å². The van der Waals surface area contributed by atoms with Crippen LogP contribution in [0.1, 0.15) is 31.4 Å². The Bertz CT molecular complexity index is 532. The fourth-order valence-electron chi connectivity index (χ4n) is 2.19.